The molecule has 3 N–H and O–H groups in total. The molecule has 1 fully saturated rings. The van der Waals surface area contributed by atoms with Crippen LogP contribution in [0.1, 0.15) is 36.4 Å². The number of rotatable bonds is 7. The van der Waals surface area contributed by atoms with Gasteiger partial charge in [-0.1, -0.05) is 36.5 Å². The first-order chi connectivity index (χ1) is 16.3. The van der Waals surface area contributed by atoms with Crippen LogP contribution < -0.4 is 16.2 Å². The SMILES string of the molecule is CCC(OC(=O)c1ccccc1)C1O[C@@H](n2c(=O)sc3c(=O)[nH]c(N)nc32)[C@H](CC(=O)OC)S1. The van der Waals surface area contributed by atoms with Gasteiger partial charge < -0.3 is 19.9 Å². The van der Waals surface area contributed by atoms with E-state index in [1.165, 1.54) is 23.4 Å². The maximum Gasteiger partial charge on any atom is 0.338 e. The van der Waals surface area contributed by atoms with Crippen molar-refractivity contribution >= 4 is 51.3 Å². The molecule has 0 spiro atoms. The predicted molar refractivity (Wildman–Crippen MR) is 127 cm³/mol. The van der Waals surface area contributed by atoms with Crippen molar-refractivity contribution < 1.29 is 23.8 Å². The van der Waals surface area contributed by atoms with Gasteiger partial charge in [-0.25, -0.2) is 4.79 Å². The molecule has 4 rings (SSSR count). The van der Waals surface area contributed by atoms with Gasteiger partial charge in [0.25, 0.3) is 5.56 Å². The summed E-state index contributed by atoms with van der Waals surface area (Å²) < 4.78 is 18.0. The van der Waals surface area contributed by atoms with E-state index in [0.717, 1.165) is 0 Å². The number of carbonyl (C=O) groups is 2. The monoisotopic (exact) mass is 506 g/mol. The van der Waals surface area contributed by atoms with Crippen LogP contribution in [0.3, 0.4) is 0 Å². The highest BCUT2D eigenvalue weighted by atomic mass is 32.2. The Morgan fingerprint density at radius 2 is 2.03 bits per heavy atom. The molecule has 3 aromatic rings. The number of anilines is 1. The maximum absolute atomic E-state index is 12.9. The Bertz CT molecular complexity index is 1320. The summed E-state index contributed by atoms with van der Waals surface area (Å²) in [4.78, 5) is 55.8. The summed E-state index contributed by atoms with van der Waals surface area (Å²) in [7, 11) is 1.26. The van der Waals surface area contributed by atoms with Gasteiger partial charge >= 0.3 is 16.8 Å². The van der Waals surface area contributed by atoms with Gasteiger partial charge in [-0.2, -0.15) is 4.98 Å². The summed E-state index contributed by atoms with van der Waals surface area (Å²) in [5, 5.41) is -0.570. The van der Waals surface area contributed by atoms with Gasteiger partial charge in [-0.05, 0) is 18.6 Å². The number of methoxy groups -OCH3 is 1. The molecule has 0 bridgehead atoms. The molecule has 2 unspecified atom stereocenters. The molecule has 1 aromatic carbocycles. The van der Waals surface area contributed by atoms with Gasteiger partial charge in [0.2, 0.25) is 5.95 Å². The third-order valence-electron chi connectivity index (χ3n) is 5.22. The number of H-pyrrole nitrogens is 1. The lowest BCUT2D eigenvalue weighted by atomic mass is 10.2. The molecule has 0 amide bonds. The van der Waals surface area contributed by atoms with Crippen molar-refractivity contribution in [1.29, 1.82) is 0 Å². The number of thioether (sulfide) groups is 1. The van der Waals surface area contributed by atoms with Crippen LogP contribution in [0.4, 0.5) is 5.95 Å². The molecule has 0 radical (unpaired) electrons. The predicted octanol–water partition coefficient (Wildman–Crippen LogP) is 1.88. The second-order valence-corrected chi connectivity index (χ2v) is 9.71. The molecule has 2 aromatic heterocycles. The van der Waals surface area contributed by atoms with Gasteiger partial charge in [0.05, 0.1) is 24.3 Å². The molecule has 34 heavy (non-hydrogen) atoms. The lowest BCUT2D eigenvalue weighted by molar-refractivity contribution is -0.141. The fourth-order valence-corrected chi connectivity index (χ4v) is 5.92. The highest BCUT2D eigenvalue weighted by Gasteiger charge is 2.44. The molecular formula is C21H22N4O7S2. The first-order valence-electron chi connectivity index (χ1n) is 10.4. The number of benzene rings is 1. The van der Waals surface area contributed by atoms with E-state index in [4.69, 9.17) is 19.9 Å². The minimum atomic E-state index is -0.964. The Hall–Kier alpha value is -3.16. The largest absolute Gasteiger partial charge is 0.469 e. The number of nitrogens with zero attached hydrogens (tertiary/aromatic N) is 2. The van der Waals surface area contributed by atoms with E-state index in [1.807, 2.05) is 6.92 Å². The van der Waals surface area contributed by atoms with Crippen molar-refractivity contribution in [3.8, 4) is 0 Å². The molecule has 180 valence electrons. The first-order valence-corrected chi connectivity index (χ1v) is 12.1. The molecule has 1 aliphatic rings. The summed E-state index contributed by atoms with van der Waals surface area (Å²) in [6, 6.07) is 8.54. The third kappa shape index (κ3) is 4.72. The molecule has 11 nitrogen and oxygen atoms in total. The Kier molecular flexibility index (Phi) is 7.05. The number of nitrogen functional groups attached to an aromatic ring is 1. The smallest absolute Gasteiger partial charge is 0.338 e. The first kappa shape index (κ1) is 24.0. The fraction of sp³-hybridized carbons (Fsp3) is 0.381. The average Bonchev–Trinajstić information content (AvgIpc) is 3.37. The number of hydrogen-bond acceptors (Lipinski definition) is 11. The molecule has 1 saturated heterocycles. The third-order valence-corrected chi connectivity index (χ3v) is 7.59. The topological polar surface area (TPSA) is 156 Å². The Balaban J connectivity index is 1.67. The molecule has 13 heteroatoms. The van der Waals surface area contributed by atoms with E-state index in [2.05, 4.69) is 9.97 Å². The minimum absolute atomic E-state index is 0.0618. The summed E-state index contributed by atoms with van der Waals surface area (Å²) in [6.07, 6.45) is -1.27. The number of aromatic nitrogens is 3. The fourth-order valence-electron chi connectivity index (χ4n) is 3.58. The standard InChI is InChI=1S/C21H22N4O7S2/c1-3-11(31-18(28)10-7-5-4-6-8-10)19-32-17(12(33-19)9-13(26)30-2)25-15-14(34-21(25)29)16(27)24-20(22)23-15/h4-8,11-12,17,19H,3,9H2,1-2H3,(H3,22,23,24,27)/t11?,12-,17+,19?/m0/s1. The molecule has 4 atom stereocenters. The molecule has 0 saturated carbocycles. The zero-order chi connectivity index (χ0) is 24.4. The van der Waals surface area contributed by atoms with Gasteiger partial charge in [0.1, 0.15) is 16.2 Å². The second-order valence-electron chi connectivity index (χ2n) is 7.41. The quantitative estimate of drug-likeness (QED) is 0.454. The van der Waals surface area contributed by atoms with Crippen molar-refractivity contribution in [3.05, 3.63) is 55.9 Å². The molecule has 0 aliphatic carbocycles. The maximum atomic E-state index is 12.9. The van der Waals surface area contributed by atoms with Crippen LogP contribution in [0.2, 0.25) is 0 Å². The highest BCUT2D eigenvalue weighted by Crippen LogP contribution is 2.44. The minimum Gasteiger partial charge on any atom is -0.469 e. The number of fused-ring (bicyclic) bond motifs is 1. The lowest BCUT2D eigenvalue weighted by Crippen LogP contribution is -2.31. The van der Waals surface area contributed by atoms with Crippen molar-refractivity contribution in [3.63, 3.8) is 0 Å². The Morgan fingerprint density at radius 1 is 1.29 bits per heavy atom. The average molecular weight is 507 g/mol. The number of nitrogens with two attached hydrogens (primary N) is 1. The molecular weight excluding hydrogens is 484 g/mol. The Labute approximate surface area is 201 Å². The number of carbonyl (C=O) groups excluding carboxylic acids is 2. The van der Waals surface area contributed by atoms with Crippen LogP contribution in [0.25, 0.3) is 10.3 Å². The van der Waals surface area contributed by atoms with E-state index in [-0.39, 0.29) is 22.7 Å². The van der Waals surface area contributed by atoms with E-state index in [9.17, 15) is 19.2 Å². The number of nitrogens with one attached hydrogen (secondary N) is 1. The summed E-state index contributed by atoms with van der Waals surface area (Å²) >= 11 is 1.96. The van der Waals surface area contributed by atoms with E-state index < -0.39 is 45.4 Å². The van der Waals surface area contributed by atoms with Crippen LogP contribution >= 0.6 is 23.1 Å². The van der Waals surface area contributed by atoms with Crippen LogP contribution in [0.15, 0.2) is 39.9 Å². The second kappa shape index (κ2) is 9.99. The van der Waals surface area contributed by atoms with E-state index in [1.54, 1.807) is 30.3 Å². The molecule has 3 heterocycles. The summed E-state index contributed by atoms with van der Waals surface area (Å²) in [6.45, 7) is 1.84. The number of ether oxygens (including phenoxy) is 3. The number of esters is 2. The van der Waals surface area contributed by atoms with Gasteiger partial charge in [-0.3, -0.25) is 23.9 Å². The van der Waals surface area contributed by atoms with Crippen LogP contribution in [0, 0.1) is 0 Å². The van der Waals surface area contributed by atoms with Gasteiger partial charge in [0, 0.05) is 0 Å². The zero-order valence-electron chi connectivity index (χ0n) is 18.3. The normalized spacial score (nSPS) is 20.8. The zero-order valence-corrected chi connectivity index (χ0v) is 19.9. The van der Waals surface area contributed by atoms with E-state index >= 15 is 0 Å². The lowest BCUT2D eigenvalue weighted by Gasteiger charge is -2.22. The van der Waals surface area contributed by atoms with Crippen molar-refractivity contribution in [1.82, 2.24) is 14.5 Å². The van der Waals surface area contributed by atoms with Crippen LogP contribution in [-0.4, -0.2) is 50.4 Å². The number of thiazole rings is 1. The van der Waals surface area contributed by atoms with Crippen LogP contribution in [0.5, 0.6) is 0 Å². The number of aromatic amines is 1. The Morgan fingerprint density at radius 3 is 2.71 bits per heavy atom. The summed E-state index contributed by atoms with van der Waals surface area (Å²) in [5.74, 6) is -1.17. The summed E-state index contributed by atoms with van der Waals surface area (Å²) in [5.41, 5.74) is 4.92. The van der Waals surface area contributed by atoms with Crippen molar-refractivity contribution in [2.24, 2.45) is 0 Å². The van der Waals surface area contributed by atoms with Gasteiger partial charge in [0.15, 0.2) is 11.9 Å². The van der Waals surface area contributed by atoms with Crippen LogP contribution in [-0.2, 0) is 19.0 Å². The van der Waals surface area contributed by atoms with E-state index in [0.29, 0.717) is 23.3 Å². The number of hydrogen-bond donors (Lipinski definition) is 2. The highest BCUT2D eigenvalue weighted by molar-refractivity contribution is 8.00. The molecule has 1 aliphatic heterocycles. The van der Waals surface area contributed by atoms with Crippen molar-refractivity contribution in [2.75, 3.05) is 12.8 Å². The van der Waals surface area contributed by atoms with Crippen molar-refractivity contribution in [2.45, 2.75) is 42.8 Å². The van der Waals surface area contributed by atoms with Gasteiger partial charge in [-0.15, -0.1) is 11.8 Å².